The number of allylic oxidation sites excluding steroid dienone is 5. The first-order chi connectivity index (χ1) is 8.47. The zero-order valence-corrected chi connectivity index (χ0v) is 12.3. The molecule has 0 spiro atoms. The Morgan fingerprint density at radius 3 is 2.50 bits per heavy atom. The van der Waals surface area contributed by atoms with Gasteiger partial charge in [0.15, 0.2) is 0 Å². The van der Waals surface area contributed by atoms with E-state index in [0.717, 1.165) is 6.54 Å². The van der Waals surface area contributed by atoms with E-state index < -0.39 is 0 Å². The monoisotopic (exact) mass is 243 g/mol. The summed E-state index contributed by atoms with van der Waals surface area (Å²) in [6.07, 6.45) is 8.22. The van der Waals surface area contributed by atoms with Crippen LogP contribution in [0.2, 0.25) is 0 Å². The summed E-state index contributed by atoms with van der Waals surface area (Å²) in [5, 5.41) is 0. The maximum Gasteiger partial charge on any atom is 0.0645 e. The Kier molecular flexibility index (Phi) is 5.33. The third-order valence-electron chi connectivity index (χ3n) is 3.20. The van der Waals surface area contributed by atoms with Gasteiger partial charge in [0.2, 0.25) is 0 Å². The Bertz CT molecular complexity index is 429. The van der Waals surface area contributed by atoms with Gasteiger partial charge in [-0.3, -0.25) is 4.99 Å². The lowest BCUT2D eigenvalue weighted by Gasteiger charge is -2.18. The highest BCUT2D eigenvalue weighted by molar-refractivity contribution is 5.76. The van der Waals surface area contributed by atoms with E-state index in [1.54, 1.807) is 0 Å². The second kappa shape index (κ2) is 6.53. The molecule has 0 aromatic rings. The fourth-order valence-electron chi connectivity index (χ4n) is 2.22. The highest BCUT2D eigenvalue weighted by Crippen LogP contribution is 2.29. The summed E-state index contributed by atoms with van der Waals surface area (Å²) >= 11 is 0. The molecule has 98 valence electrons. The van der Waals surface area contributed by atoms with Gasteiger partial charge >= 0.3 is 0 Å². The van der Waals surface area contributed by atoms with Gasteiger partial charge in [-0.15, -0.1) is 0 Å². The first kappa shape index (κ1) is 14.7. The Hall–Kier alpha value is -1.37. The van der Waals surface area contributed by atoms with Crippen LogP contribution in [0.4, 0.5) is 0 Å². The quantitative estimate of drug-likeness (QED) is 0.676. The van der Waals surface area contributed by atoms with E-state index in [9.17, 15) is 0 Å². The molecule has 1 rings (SSSR count). The van der Waals surface area contributed by atoms with Gasteiger partial charge in [0.1, 0.15) is 0 Å². The van der Waals surface area contributed by atoms with E-state index in [-0.39, 0.29) is 0 Å². The minimum absolute atomic E-state index is 0.525. The summed E-state index contributed by atoms with van der Waals surface area (Å²) in [5.41, 5.74) is 5.28. The summed E-state index contributed by atoms with van der Waals surface area (Å²) in [7, 11) is 0. The van der Waals surface area contributed by atoms with E-state index in [4.69, 9.17) is 0 Å². The fraction of sp³-hybridized carbons (Fsp3) is 0.471. The topological polar surface area (TPSA) is 12.4 Å². The summed E-state index contributed by atoms with van der Waals surface area (Å²) in [5.74, 6) is 1.09. The fourth-order valence-corrected chi connectivity index (χ4v) is 2.22. The summed E-state index contributed by atoms with van der Waals surface area (Å²) in [6.45, 7) is 15.8. The van der Waals surface area contributed by atoms with Crippen LogP contribution in [0, 0.1) is 11.8 Å². The van der Waals surface area contributed by atoms with Gasteiger partial charge in [-0.05, 0) is 47.1 Å². The van der Waals surface area contributed by atoms with E-state index in [1.807, 2.05) is 18.4 Å². The van der Waals surface area contributed by atoms with Crippen LogP contribution in [0.15, 0.2) is 52.1 Å². The lowest BCUT2D eigenvalue weighted by molar-refractivity contribution is 0.732. The van der Waals surface area contributed by atoms with Crippen LogP contribution in [0.25, 0.3) is 0 Å². The van der Waals surface area contributed by atoms with Crippen LogP contribution in [0.5, 0.6) is 0 Å². The molecule has 1 heteroatoms. The minimum atomic E-state index is 0.525. The maximum atomic E-state index is 4.46. The van der Waals surface area contributed by atoms with E-state index >= 15 is 0 Å². The summed E-state index contributed by atoms with van der Waals surface area (Å²) in [4.78, 5) is 4.46. The predicted octanol–water partition coefficient (Wildman–Crippen LogP) is 4.74. The molecule has 0 bridgehead atoms. The van der Waals surface area contributed by atoms with Crippen molar-refractivity contribution in [2.24, 2.45) is 16.8 Å². The van der Waals surface area contributed by atoms with Crippen LogP contribution in [0.1, 0.15) is 34.6 Å². The van der Waals surface area contributed by atoms with Gasteiger partial charge < -0.3 is 0 Å². The van der Waals surface area contributed by atoms with Crippen molar-refractivity contribution in [1.29, 1.82) is 0 Å². The Balaban J connectivity index is 3.30. The average Bonchev–Trinajstić information content (AvgIpc) is 2.47. The van der Waals surface area contributed by atoms with Crippen LogP contribution in [0.3, 0.4) is 0 Å². The largest absolute Gasteiger partial charge is 0.288 e. The van der Waals surface area contributed by atoms with Gasteiger partial charge in [-0.25, -0.2) is 0 Å². The molecule has 0 radical (unpaired) electrons. The molecule has 1 heterocycles. The molecule has 1 aliphatic heterocycles. The third-order valence-corrected chi connectivity index (χ3v) is 3.20. The second-order valence-electron chi connectivity index (χ2n) is 5.44. The molecule has 0 N–H and O–H groups in total. The van der Waals surface area contributed by atoms with E-state index in [0.29, 0.717) is 11.8 Å². The minimum Gasteiger partial charge on any atom is -0.288 e. The number of hydrogen-bond donors (Lipinski definition) is 0. The van der Waals surface area contributed by atoms with Crippen LogP contribution < -0.4 is 0 Å². The number of nitrogens with zero attached hydrogens (tertiary/aromatic N) is 1. The van der Waals surface area contributed by atoms with E-state index in [2.05, 4.69) is 52.3 Å². The van der Waals surface area contributed by atoms with Crippen LogP contribution in [-0.2, 0) is 0 Å². The number of hydrogen-bond acceptors (Lipinski definition) is 1. The molecule has 0 aromatic heterocycles. The lowest BCUT2D eigenvalue weighted by atomic mass is 9.87. The van der Waals surface area contributed by atoms with Crippen LogP contribution >= 0.6 is 0 Å². The van der Waals surface area contributed by atoms with Crippen molar-refractivity contribution in [3.8, 4) is 0 Å². The Morgan fingerprint density at radius 2 is 2.00 bits per heavy atom. The molecule has 0 atom stereocenters. The smallest absolute Gasteiger partial charge is 0.0645 e. The molecular weight excluding hydrogens is 218 g/mol. The van der Waals surface area contributed by atoms with Crippen molar-refractivity contribution < 1.29 is 0 Å². The molecule has 0 saturated heterocycles. The maximum absolute atomic E-state index is 4.46. The zero-order chi connectivity index (χ0) is 13.7. The number of aliphatic imine (C=N–C) groups is 1. The van der Waals surface area contributed by atoms with Gasteiger partial charge in [-0.2, -0.15) is 0 Å². The molecule has 0 saturated carbocycles. The molecular formula is C17H25N. The molecule has 1 nitrogen and oxygen atoms in total. The van der Waals surface area contributed by atoms with Gasteiger partial charge in [0.05, 0.1) is 6.54 Å². The van der Waals surface area contributed by atoms with Crippen molar-refractivity contribution in [3.05, 3.63) is 47.1 Å². The predicted molar refractivity (Wildman–Crippen MR) is 82.1 cm³/mol. The SMILES string of the molecule is C=CC1=CC=NCC(/C(=C\C(C)C)C(C)C)=C1C. The number of rotatable bonds is 4. The molecule has 0 unspecified atom stereocenters. The Labute approximate surface area is 112 Å². The van der Waals surface area contributed by atoms with Crippen molar-refractivity contribution >= 4 is 6.21 Å². The van der Waals surface area contributed by atoms with E-state index in [1.165, 1.54) is 22.3 Å². The second-order valence-corrected chi connectivity index (χ2v) is 5.44. The van der Waals surface area contributed by atoms with Crippen molar-refractivity contribution in [2.75, 3.05) is 6.54 Å². The van der Waals surface area contributed by atoms with Gasteiger partial charge in [-0.1, -0.05) is 46.4 Å². The van der Waals surface area contributed by atoms with Gasteiger partial charge in [0, 0.05) is 6.21 Å². The summed E-state index contributed by atoms with van der Waals surface area (Å²) < 4.78 is 0. The summed E-state index contributed by atoms with van der Waals surface area (Å²) in [6, 6.07) is 0. The normalized spacial score (nSPS) is 17.3. The third kappa shape index (κ3) is 3.56. The molecule has 1 aliphatic rings. The zero-order valence-electron chi connectivity index (χ0n) is 12.3. The molecule has 0 aliphatic carbocycles. The molecule has 18 heavy (non-hydrogen) atoms. The van der Waals surface area contributed by atoms with Crippen molar-refractivity contribution in [2.45, 2.75) is 34.6 Å². The lowest BCUT2D eigenvalue weighted by Crippen LogP contribution is -2.06. The average molecular weight is 243 g/mol. The van der Waals surface area contributed by atoms with Crippen molar-refractivity contribution in [1.82, 2.24) is 0 Å². The van der Waals surface area contributed by atoms with Crippen LogP contribution in [-0.4, -0.2) is 12.8 Å². The molecule has 0 aromatic carbocycles. The van der Waals surface area contributed by atoms with Gasteiger partial charge in [0.25, 0.3) is 0 Å². The Morgan fingerprint density at radius 1 is 1.33 bits per heavy atom. The molecule has 0 amide bonds. The van der Waals surface area contributed by atoms with Crippen molar-refractivity contribution in [3.63, 3.8) is 0 Å². The highest BCUT2D eigenvalue weighted by atomic mass is 14.7. The standard InChI is InChI=1S/C17H25N/c1-7-15-8-9-18-11-17(14(15)6)16(13(4)5)10-12(2)3/h7-10,12-13H,1,11H2,2-6H3/b16-10-. The molecule has 0 fully saturated rings. The first-order valence-electron chi connectivity index (χ1n) is 6.72. The first-order valence-corrected chi connectivity index (χ1v) is 6.72. The highest BCUT2D eigenvalue weighted by Gasteiger charge is 2.15.